The Bertz CT molecular complexity index is 961. The first-order chi connectivity index (χ1) is 13.1. The van der Waals surface area contributed by atoms with E-state index in [2.05, 4.69) is 49.2 Å². The number of nitrogens with zero attached hydrogens (tertiary/aromatic N) is 2. The van der Waals surface area contributed by atoms with Crippen molar-refractivity contribution in [3.8, 4) is 23.1 Å². The number of nitriles is 1. The molecule has 136 valence electrons. The highest BCUT2D eigenvalue weighted by Crippen LogP contribution is 2.28. The maximum absolute atomic E-state index is 9.57. The zero-order valence-corrected chi connectivity index (χ0v) is 16.6. The third-order valence-electron chi connectivity index (χ3n) is 4.18. The van der Waals surface area contributed by atoms with Gasteiger partial charge in [-0.2, -0.15) is 5.26 Å². The van der Waals surface area contributed by atoms with Gasteiger partial charge < -0.3 is 4.74 Å². The second-order valence-electron chi connectivity index (χ2n) is 6.78. The molecule has 4 heteroatoms. The van der Waals surface area contributed by atoms with Gasteiger partial charge in [-0.05, 0) is 41.7 Å². The van der Waals surface area contributed by atoms with Crippen molar-refractivity contribution in [3.05, 3.63) is 70.0 Å². The Morgan fingerprint density at radius 3 is 2.44 bits per heavy atom. The zero-order valence-electron chi connectivity index (χ0n) is 15.8. The molecule has 0 unspecified atom stereocenters. The van der Waals surface area contributed by atoms with Crippen molar-refractivity contribution in [2.24, 2.45) is 5.92 Å². The van der Waals surface area contributed by atoms with Gasteiger partial charge in [0.25, 0.3) is 0 Å². The summed E-state index contributed by atoms with van der Waals surface area (Å²) in [6.07, 6.45) is 2.93. The van der Waals surface area contributed by atoms with E-state index in [9.17, 15) is 5.26 Å². The lowest BCUT2D eigenvalue weighted by atomic mass is 10.0. The molecule has 0 radical (unpaired) electrons. The van der Waals surface area contributed by atoms with Gasteiger partial charge in [-0.25, -0.2) is 4.98 Å². The van der Waals surface area contributed by atoms with Crippen LogP contribution in [-0.2, 0) is 6.42 Å². The monoisotopic (exact) mass is 374 g/mol. The summed E-state index contributed by atoms with van der Waals surface area (Å²) in [6, 6.07) is 18.4. The standard InChI is InChI=1S/C23H22N2OS/c1-16(2)12-17-4-8-19(9-5-17)22-15-27-23(25-22)20(14-24)13-18-6-10-21(26-3)11-7-18/h4-11,13,15-16H,12H2,1-3H3/b20-13-. The summed E-state index contributed by atoms with van der Waals surface area (Å²) < 4.78 is 5.17. The van der Waals surface area contributed by atoms with Crippen molar-refractivity contribution >= 4 is 23.0 Å². The maximum Gasteiger partial charge on any atom is 0.134 e. The van der Waals surface area contributed by atoms with Crippen LogP contribution in [0.4, 0.5) is 0 Å². The molecule has 3 rings (SSSR count). The average molecular weight is 375 g/mol. The molecule has 3 nitrogen and oxygen atoms in total. The zero-order chi connectivity index (χ0) is 19.2. The fourth-order valence-corrected chi connectivity index (χ4v) is 3.62. The minimum Gasteiger partial charge on any atom is -0.497 e. The first-order valence-corrected chi connectivity index (χ1v) is 9.78. The summed E-state index contributed by atoms with van der Waals surface area (Å²) in [4.78, 5) is 4.68. The molecule has 0 atom stereocenters. The molecule has 0 aliphatic heterocycles. The van der Waals surface area contributed by atoms with Crippen molar-refractivity contribution in [1.29, 1.82) is 5.26 Å². The number of benzene rings is 2. The highest BCUT2D eigenvalue weighted by molar-refractivity contribution is 7.11. The van der Waals surface area contributed by atoms with E-state index in [0.717, 1.165) is 34.0 Å². The van der Waals surface area contributed by atoms with Crippen molar-refractivity contribution < 1.29 is 4.74 Å². The van der Waals surface area contributed by atoms with Gasteiger partial charge in [-0.15, -0.1) is 11.3 Å². The molecular formula is C23H22N2OS. The van der Waals surface area contributed by atoms with E-state index in [-0.39, 0.29) is 0 Å². The molecule has 0 spiro atoms. The van der Waals surface area contributed by atoms with Crippen LogP contribution in [-0.4, -0.2) is 12.1 Å². The molecule has 0 bridgehead atoms. The third kappa shape index (κ3) is 4.84. The van der Waals surface area contributed by atoms with Crippen molar-refractivity contribution in [1.82, 2.24) is 4.98 Å². The molecule has 0 saturated heterocycles. The number of aromatic nitrogens is 1. The van der Waals surface area contributed by atoms with Crippen molar-refractivity contribution in [3.63, 3.8) is 0 Å². The lowest BCUT2D eigenvalue weighted by Gasteiger charge is -2.05. The Kier molecular flexibility index (Phi) is 6.05. The summed E-state index contributed by atoms with van der Waals surface area (Å²) in [5.74, 6) is 1.44. The van der Waals surface area contributed by atoms with Gasteiger partial charge in [-0.3, -0.25) is 0 Å². The summed E-state index contributed by atoms with van der Waals surface area (Å²) in [5, 5.41) is 12.3. The van der Waals surface area contributed by atoms with E-state index >= 15 is 0 Å². The molecular weight excluding hydrogens is 352 g/mol. The summed E-state index contributed by atoms with van der Waals surface area (Å²) >= 11 is 1.49. The molecule has 27 heavy (non-hydrogen) atoms. The summed E-state index contributed by atoms with van der Waals surface area (Å²) in [7, 11) is 1.64. The highest BCUT2D eigenvalue weighted by Gasteiger charge is 2.09. The molecule has 1 aromatic heterocycles. The summed E-state index contributed by atoms with van der Waals surface area (Å²) in [6.45, 7) is 4.44. The van der Waals surface area contributed by atoms with Crippen LogP contribution in [0.5, 0.6) is 5.75 Å². The quantitative estimate of drug-likeness (QED) is 0.491. The molecule has 0 amide bonds. The molecule has 0 aliphatic carbocycles. The molecule has 0 N–H and O–H groups in total. The predicted octanol–water partition coefficient (Wildman–Crippen LogP) is 6.08. The van der Waals surface area contributed by atoms with Crippen molar-refractivity contribution in [2.75, 3.05) is 7.11 Å². The number of ether oxygens (including phenoxy) is 1. The predicted molar refractivity (Wildman–Crippen MR) is 113 cm³/mol. The number of methoxy groups -OCH3 is 1. The lowest BCUT2D eigenvalue weighted by Crippen LogP contribution is -1.93. The molecule has 3 aromatic rings. The lowest BCUT2D eigenvalue weighted by molar-refractivity contribution is 0.415. The fourth-order valence-electron chi connectivity index (χ4n) is 2.82. The molecule has 0 aliphatic rings. The minimum atomic E-state index is 0.563. The van der Waals surface area contributed by atoms with Crippen LogP contribution < -0.4 is 4.74 Å². The topological polar surface area (TPSA) is 45.9 Å². The molecule has 0 saturated carbocycles. The first-order valence-electron chi connectivity index (χ1n) is 8.90. The maximum atomic E-state index is 9.57. The molecule has 2 aromatic carbocycles. The Labute approximate surface area is 164 Å². The van der Waals surface area contributed by atoms with Crippen LogP contribution in [0.1, 0.15) is 30.0 Å². The van der Waals surface area contributed by atoms with Crippen LogP contribution in [0.2, 0.25) is 0 Å². The van der Waals surface area contributed by atoms with Gasteiger partial charge in [0.15, 0.2) is 0 Å². The Balaban J connectivity index is 1.82. The van der Waals surface area contributed by atoms with E-state index in [1.54, 1.807) is 7.11 Å². The van der Waals surface area contributed by atoms with Crippen molar-refractivity contribution in [2.45, 2.75) is 20.3 Å². The number of hydrogen-bond acceptors (Lipinski definition) is 4. The van der Waals surface area contributed by atoms with Gasteiger partial charge >= 0.3 is 0 Å². The van der Waals surface area contributed by atoms with Crippen LogP contribution in [0.3, 0.4) is 0 Å². The average Bonchev–Trinajstić information content (AvgIpc) is 3.16. The number of hydrogen-bond donors (Lipinski definition) is 0. The number of rotatable bonds is 6. The van der Waals surface area contributed by atoms with Gasteiger partial charge in [-0.1, -0.05) is 50.2 Å². The van der Waals surface area contributed by atoms with Crippen LogP contribution in [0.15, 0.2) is 53.9 Å². The second-order valence-corrected chi connectivity index (χ2v) is 7.63. The normalized spacial score (nSPS) is 11.4. The van der Waals surface area contributed by atoms with Gasteiger partial charge in [0.1, 0.15) is 16.8 Å². The second kappa shape index (κ2) is 8.66. The largest absolute Gasteiger partial charge is 0.497 e. The number of allylic oxidation sites excluding steroid dienone is 1. The minimum absolute atomic E-state index is 0.563. The van der Waals surface area contributed by atoms with E-state index in [1.807, 2.05) is 35.7 Å². The van der Waals surface area contributed by atoms with Crippen LogP contribution >= 0.6 is 11.3 Å². The van der Waals surface area contributed by atoms with E-state index in [0.29, 0.717) is 11.5 Å². The van der Waals surface area contributed by atoms with Gasteiger partial charge in [0.2, 0.25) is 0 Å². The Morgan fingerprint density at radius 1 is 1.15 bits per heavy atom. The third-order valence-corrected chi connectivity index (χ3v) is 5.05. The van der Waals surface area contributed by atoms with Gasteiger partial charge in [0.05, 0.1) is 18.4 Å². The fraction of sp³-hybridized carbons (Fsp3) is 0.217. The SMILES string of the molecule is COc1ccc(/C=C(/C#N)c2nc(-c3ccc(CC(C)C)cc3)cs2)cc1. The van der Waals surface area contributed by atoms with E-state index in [1.165, 1.54) is 16.9 Å². The highest BCUT2D eigenvalue weighted by atomic mass is 32.1. The number of thiazole rings is 1. The molecule has 0 fully saturated rings. The Morgan fingerprint density at radius 2 is 1.85 bits per heavy atom. The molecule has 1 heterocycles. The smallest absolute Gasteiger partial charge is 0.134 e. The van der Waals surface area contributed by atoms with Crippen LogP contribution in [0.25, 0.3) is 22.9 Å². The van der Waals surface area contributed by atoms with E-state index < -0.39 is 0 Å². The van der Waals surface area contributed by atoms with Crippen LogP contribution in [0, 0.1) is 17.2 Å². The first kappa shape index (κ1) is 18.9. The summed E-state index contributed by atoms with van der Waals surface area (Å²) in [5.41, 5.74) is 4.82. The van der Waals surface area contributed by atoms with Gasteiger partial charge in [0, 0.05) is 10.9 Å². The van der Waals surface area contributed by atoms with E-state index in [4.69, 9.17) is 4.74 Å². The Hall–Kier alpha value is -2.90.